The Labute approximate surface area is 234 Å². The molecule has 1 atom stereocenters. The third-order valence-electron chi connectivity index (χ3n) is 7.49. The number of amides is 1. The minimum absolute atomic E-state index is 0.00977. The van der Waals surface area contributed by atoms with Gasteiger partial charge in [0.1, 0.15) is 23.9 Å². The summed E-state index contributed by atoms with van der Waals surface area (Å²) < 4.78 is 11.3. The lowest BCUT2D eigenvalue weighted by molar-refractivity contribution is -0.140. The molecule has 0 saturated carbocycles. The molecule has 2 heterocycles. The first-order valence-corrected chi connectivity index (χ1v) is 13.6. The highest BCUT2D eigenvalue weighted by Crippen LogP contribution is 2.40. The zero-order chi connectivity index (χ0) is 28.1. The summed E-state index contributed by atoms with van der Waals surface area (Å²) in [6.07, 6.45) is 0.662. The van der Waals surface area contributed by atoms with E-state index < -0.39 is 17.7 Å². The van der Waals surface area contributed by atoms with Gasteiger partial charge in [0, 0.05) is 31.7 Å². The largest absolute Gasteiger partial charge is 0.508 e. The lowest BCUT2D eigenvalue weighted by Gasteiger charge is -2.29. The highest BCUT2D eigenvalue weighted by atomic mass is 16.5. The zero-order valence-corrected chi connectivity index (χ0v) is 22.6. The van der Waals surface area contributed by atoms with Crippen molar-refractivity contribution in [2.24, 2.45) is 0 Å². The molecule has 0 spiro atoms. The summed E-state index contributed by atoms with van der Waals surface area (Å²) in [5.41, 5.74) is 3.19. The molecule has 2 saturated heterocycles. The Morgan fingerprint density at radius 3 is 2.45 bits per heavy atom. The van der Waals surface area contributed by atoms with Crippen LogP contribution in [0.1, 0.15) is 34.7 Å². The minimum atomic E-state index is -0.811. The molecule has 1 unspecified atom stereocenters. The number of aryl methyl sites for hydroxylation is 1. The van der Waals surface area contributed by atoms with Gasteiger partial charge in [-0.15, -0.1) is 0 Å². The molecule has 5 rings (SSSR count). The molecule has 208 valence electrons. The molecule has 3 aromatic carbocycles. The molecule has 0 aromatic heterocycles. The van der Waals surface area contributed by atoms with Gasteiger partial charge in [-0.05, 0) is 66.4 Å². The maximum absolute atomic E-state index is 13.3. The van der Waals surface area contributed by atoms with Crippen molar-refractivity contribution in [1.82, 2.24) is 9.80 Å². The number of benzene rings is 3. The fourth-order valence-corrected chi connectivity index (χ4v) is 5.24. The number of nitrogens with zero attached hydrogens (tertiary/aromatic N) is 2. The lowest BCUT2D eigenvalue weighted by Crippen LogP contribution is -2.38. The van der Waals surface area contributed by atoms with Gasteiger partial charge >= 0.3 is 0 Å². The summed E-state index contributed by atoms with van der Waals surface area (Å²) >= 11 is 0. The van der Waals surface area contributed by atoms with Crippen LogP contribution in [0.2, 0.25) is 0 Å². The number of hydrogen-bond donors (Lipinski definition) is 2. The molecule has 8 heteroatoms. The molecular weight excluding hydrogens is 508 g/mol. The van der Waals surface area contributed by atoms with Crippen LogP contribution in [-0.2, 0) is 20.9 Å². The second-order valence-electron chi connectivity index (χ2n) is 10.1. The lowest BCUT2D eigenvalue weighted by atomic mass is 9.95. The Morgan fingerprint density at radius 1 is 0.975 bits per heavy atom. The summed E-state index contributed by atoms with van der Waals surface area (Å²) in [7, 11) is 0. The molecule has 3 aromatic rings. The van der Waals surface area contributed by atoms with Gasteiger partial charge in [-0.25, -0.2) is 0 Å². The van der Waals surface area contributed by atoms with E-state index in [0.717, 1.165) is 30.8 Å². The van der Waals surface area contributed by atoms with Crippen molar-refractivity contribution >= 4 is 17.4 Å². The van der Waals surface area contributed by atoms with Crippen LogP contribution in [-0.4, -0.2) is 71.1 Å². The third-order valence-corrected chi connectivity index (χ3v) is 7.49. The van der Waals surface area contributed by atoms with Crippen molar-refractivity contribution < 1.29 is 29.3 Å². The molecular formula is C32H34N2O6. The summed E-state index contributed by atoms with van der Waals surface area (Å²) in [6, 6.07) is 20.5. The number of carbonyl (C=O) groups is 2. The van der Waals surface area contributed by atoms with E-state index >= 15 is 0 Å². The standard InChI is InChI=1S/C32H34N2O6/c1-22-6-2-3-7-25(22)21-40-27-12-10-23(11-13-27)30(36)28-29(24-8-4-9-26(35)20-24)34(32(38)31(28)37)15-5-14-33-16-18-39-19-17-33/h2-4,6-13,20,29,35-36H,5,14-19,21H2,1H3. The molecule has 0 aliphatic carbocycles. The number of rotatable bonds is 9. The number of aliphatic hydroxyl groups is 1. The molecule has 40 heavy (non-hydrogen) atoms. The first-order chi connectivity index (χ1) is 19.4. The van der Waals surface area contributed by atoms with Crippen molar-refractivity contribution in [1.29, 1.82) is 0 Å². The monoisotopic (exact) mass is 542 g/mol. The van der Waals surface area contributed by atoms with Crippen LogP contribution in [0.3, 0.4) is 0 Å². The summed E-state index contributed by atoms with van der Waals surface area (Å²) in [6.45, 7) is 6.58. The van der Waals surface area contributed by atoms with Gasteiger partial charge in [0.05, 0.1) is 24.8 Å². The fraction of sp³-hybridized carbons (Fsp3) is 0.312. The van der Waals surface area contributed by atoms with Crippen LogP contribution in [0.4, 0.5) is 0 Å². The third kappa shape index (κ3) is 6.03. The number of likely N-dealkylation sites (tertiary alicyclic amines) is 1. The van der Waals surface area contributed by atoms with Crippen molar-refractivity contribution in [3.63, 3.8) is 0 Å². The van der Waals surface area contributed by atoms with Crippen molar-refractivity contribution in [2.75, 3.05) is 39.4 Å². The number of ether oxygens (including phenoxy) is 2. The van der Waals surface area contributed by atoms with Crippen molar-refractivity contribution in [2.45, 2.75) is 26.0 Å². The maximum Gasteiger partial charge on any atom is 0.295 e. The van der Waals surface area contributed by atoms with Crippen LogP contribution in [0, 0.1) is 6.92 Å². The second kappa shape index (κ2) is 12.4. The topological polar surface area (TPSA) is 99.5 Å². The van der Waals surface area contributed by atoms with E-state index in [1.165, 1.54) is 17.0 Å². The normalized spacial score (nSPS) is 19.2. The van der Waals surface area contributed by atoms with Gasteiger partial charge in [-0.1, -0.05) is 36.4 Å². The van der Waals surface area contributed by atoms with E-state index in [-0.39, 0.29) is 17.1 Å². The van der Waals surface area contributed by atoms with E-state index in [2.05, 4.69) is 4.90 Å². The number of ketones is 1. The number of hydrogen-bond acceptors (Lipinski definition) is 7. The first kappa shape index (κ1) is 27.4. The van der Waals surface area contributed by atoms with E-state index in [1.54, 1.807) is 36.4 Å². The number of morpholine rings is 1. The van der Waals surface area contributed by atoms with Gasteiger partial charge in [-0.2, -0.15) is 0 Å². The Morgan fingerprint density at radius 2 is 1.73 bits per heavy atom. The van der Waals surface area contributed by atoms with Crippen LogP contribution < -0.4 is 4.74 Å². The van der Waals surface area contributed by atoms with E-state index in [0.29, 0.717) is 49.7 Å². The van der Waals surface area contributed by atoms with Crippen LogP contribution >= 0.6 is 0 Å². The number of Topliss-reactive ketones (excluding diaryl/α,β-unsaturated/α-hetero) is 1. The van der Waals surface area contributed by atoms with Crippen LogP contribution in [0.5, 0.6) is 11.5 Å². The maximum atomic E-state index is 13.3. The highest BCUT2D eigenvalue weighted by Gasteiger charge is 2.45. The number of carbonyl (C=O) groups excluding carboxylic acids is 2. The number of aromatic hydroxyl groups is 1. The van der Waals surface area contributed by atoms with Crippen molar-refractivity contribution in [3.8, 4) is 11.5 Å². The minimum Gasteiger partial charge on any atom is -0.508 e. The smallest absolute Gasteiger partial charge is 0.295 e. The molecule has 2 N–H and O–H groups in total. The van der Waals surface area contributed by atoms with E-state index in [9.17, 15) is 19.8 Å². The highest BCUT2D eigenvalue weighted by molar-refractivity contribution is 6.46. The van der Waals surface area contributed by atoms with Gasteiger partial charge < -0.3 is 24.6 Å². The number of aliphatic hydroxyl groups excluding tert-OH is 1. The second-order valence-corrected chi connectivity index (χ2v) is 10.1. The summed E-state index contributed by atoms with van der Waals surface area (Å²) in [4.78, 5) is 30.3. The van der Waals surface area contributed by atoms with Gasteiger partial charge in [-0.3, -0.25) is 14.5 Å². The van der Waals surface area contributed by atoms with E-state index in [1.807, 2.05) is 31.2 Å². The molecule has 1 amide bonds. The quantitative estimate of drug-likeness (QED) is 0.235. The van der Waals surface area contributed by atoms with Gasteiger partial charge in [0.2, 0.25) is 0 Å². The molecule has 0 bridgehead atoms. The SMILES string of the molecule is Cc1ccccc1COc1ccc(C(O)=C2C(=O)C(=O)N(CCCN3CCOCC3)C2c2cccc(O)c2)cc1. The molecule has 8 nitrogen and oxygen atoms in total. The zero-order valence-electron chi connectivity index (χ0n) is 22.6. The summed E-state index contributed by atoms with van der Waals surface area (Å²) in [5, 5.41) is 21.5. The number of phenolic OH excluding ortho intramolecular Hbond substituents is 1. The Balaban J connectivity index is 1.39. The predicted octanol–water partition coefficient (Wildman–Crippen LogP) is 4.42. The summed E-state index contributed by atoms with van der Waals surface area (Å²) in [5.74, 6) is -1.01. The molecule has 2 aliphatic rings. The van der Waals surface area contributed by atoms with Crippen molar-refractivity contribution in [3.05, 3.63) is 101 Å². The fourth-order valence-electron chi connectivity index (χ4n) is 5.24. The van der Waals surface area contributed by atoms with Gasteiger partial charge in [0.15, 0.2) is 0 Å². The Kier molecular flexibility index (Phi) is 8.48. The van der Waals surface area contributed by atoms with E-state index in [4.69, 9.17) is 9.47 Å². The average Bonchev–Trinajstić information content (AvgIpc) is 3.22. The Bertz CT molecular complexity index is 1390. The van der Waals surface area contributed by atoms with Gasteiger partial charge in [0.25, 0.3) is 11.7 Å². The Hall–Kier alpha value is -4.14. The predicted molar refractivity (Wildman–Crippen MR) is 151 cm³/mol. The first-order valence-electron chi connectivity index (χ1n) is 13.6. The molecule has 2 aliphatic heterocycles. The molecule has 2 fully saturated rings. The van der Waals surface area contributed by atoms with Crippen LogP contribution in [0.15, 0.2) is 78.4 Å². The molecule has 0 radical (unpaired) electrons. The van der Waals surface area contributed by atoms with Crippen LogP contribution in [0.25, 0.3) is 5.76 Å². The average molecular weight is 543 g/mol. The number of phenols is 1.